The highest BCUT2D eigenvalue weighted by Crippen LogP contribution is 2.60. The van der Waals surface area contributed by atoms with E-state index in [9.17, 15) is 19.5 Å². The predicted octanol–water partition coefficient (Wildman–Crippen LogP) is 3.46. The second-order valence-electron chi connectivity index (χ2n) is 10.6. The van der Waals surface area contributed by atoms with Gasteiger partial charge in [-0.05, 0) is 43.4 Å². The van der Waals surface area contributed by atoms with Gasteiger partial charge in [0.05, 0.1) is 41.3 Å². The third-order valence-electron chi connectivity index (χ3n) is 8.22. The standard InChI is InChI=1S/C29H33BrClN3O5/c1-3-12-32-26(36)21-22-28(38)34(18(15-35)13-17-9-5-4-6-10-17)25(29(22)14-19(30)24(21)39-29)27(37)33-23-16(2)8-7-11-20(23)31/h4-11,18-19,21-22,24-25,35H,3,12-15H2,1-2H3,(H,32,36)(H,33,37)/t18-,19?,21+,22+,24+,25?,29?/m1/s1. The Labute approximate surface area is 241 Å². The topological polar surface area (TPSA) is 108 Å². The van der Waals surface area contributed by atoms with Gasteiger partial charge in [0.1, 0.15) is 11.6 Å². The molecule has 208 valence electrons. The fraction of sp³-hybridized carbons (Fsp3) is 0.483. The molecule has 0 radical (unpaired) electrons. The molecular weight excluding hydrogens is 586 g/mol. The van der Waals surface area contributed by atoms with Crippen molar-refractivity contribution in [3.05, 3.63) is 64.7 Å². The number of alkyl halides is 1. The van der Waals surface area contributed by atoms with E-state index in [0.717, 1.165) is 17.5 Å². The average molecular weight is 619 g/mol. The molecule has 3 fully saturated rings. The van der Waals surface area contributed by atoms with E-state index >= 15 is 0 Å². The highest BCUT2D eigenvalue weighted by Gasteiger charge is 2.77. The molecule has 7 atom stereocenters. The number of hydrogen-bond acceptors (Lipinski definition) is 5. The highest BCUT2D eigenvalue weighted by molar-refractivity contribution is 9.09. The molecule has 0 aromatic heterocycles. The minimum Gasteiger partial charge on any atom is -0.394 e. The minimum atomic E-state index is -1.23. The highest BCUT2D eigenvalue weighted by atomic mass is 79.9. The molecule has 0 aliphatic carbocycles. The molecule has 3 N–H and O–H groups in total. The molecule has 3 unspecified atom stereocenters. The van der Waals surface area contributed by atoms with Gasteiger partial charge in [-0.1, -0.05) is 76.9 Å². The molecular formula is C29H33BrClN3O5. The number of aliphatic hydroxyl groups is 1. The van der Waals surface area contributed by atoms with Crippen molar-refractivity contribution in [1.82, 2.24) is 10.2 Å². The van der Waals surface area contributed by atoms with E-state index in [4.69, 9.17) is 16.3 Å². The van der Waals surface area contributed by atoms with Crippen LogP contribution in [0.3, 0.4) is 0 Å². The number of halogens is 2. The van der Waals surface area contributed by atoms with Crippen LogP contribution >= 0.6 is 27.5 Å². The van der Waals surface area contributed by atoms with E-state index in [-0.39, 0.29) is 23.2 Å². The van der Waals surface area contributed by atoms with Crippen molar-refractivity contribution < 1.29 is 24.2 Å². The van der Waals surface area contributed by atoms with Gasteiger partial charge in [0.15, 0.2) is 0 Å². The number of likely N-dealkylation sites (tertiary alicyclic amines) is 1. The first-order valence-corrected chi connectivity index (χ1v) is 14.6. The van der Waals surface area contributed by atoms with Crippen molar-refractivity contribution in [2.24, 2.45) is 11.8 Å². The van der Waals surface area contributed by atoms with Crippen LogP contribution in [0.4, 0.5) is 5.69 Å². The van der Waals surface area contributed by atoms with Crippen LogP contribution in [0.25, 0.3) is 0 Å². The van der Waals surface area contributed by atoms with E-state index in [1.54, 1.807) is 12.1 Å². The van der Waals surface area contributed by atoms with E-state index in [2.05, 4.69) is 26.6 Å². The van der Waals surface area contributed by atoms with Crippen LogP contribution in [0.1, 0.15) is 30.9 Å². The quantitative estimate of drug-likeness (QED) is 0.373. The Kier molecular flexibility index (Phi) is 8.06. The minimum absolute atomic E-state index is 0.210. The lowest BCUT2D eigenvalue weighted by atomic mass is 9.70. The second kappa shape index (κ2) is 11.2. The summed E-state index contributed by atoms with van der Waals surface area (Å²) in [4.78, 5) is 43.1. The number of anilines is 1. The number of amides is 3. The van der Waals surface area contributed by atoms with Gasteiger partial charge in [-0.3, -0.25) is 14.4 Å². The maximum absolute atomic E-state index is 14.3. The summed E-state index contributed by atoms with van der Waals surface area (Å²) in [7, 11) is 0. The van der Waals surface area contributed by atoms with E-state index in [0.29, 0.717) is 30.1 Å². The molecule has 10 heteroatoms. The van der Waals surface area contributed by atoms with Crippen LogP contribution in [-0.2, 0) is 25.5 Å². The third-order valence-corrected chi connectivity index (χ3v) is 9.38. The van der Waals surface area contributed by atoms with Crippen LogP contribution in [0.2, 0.25) is 5.02 Å². The Morgan fingerprint density at radius 2 is 1.95 bits per heavy atom. The molecule has 3 aliphatic rings. The molecule has 3 aliphatic heterocycles. The maximum atomic E-state index is 14.3. The number of carbonyl (C=O) groups is 3. The summed E-state index contributed by atoms with van der Waals surface area (Å²) in [6.45, 7) is 3.93. The molecule has 2 bridgehead atoms. The summed E-state index contributed by atoms with van der Waals surface area (Å²) in [5.74, 6) is -2.65. The Morgan fingerprint density at radius 1 is 1.21 bits per heavy atom. The Morgan fingerprint density at radius 3 is 2.62 bits per heavy atom. The molecule has 8 nitrogen and oxygen atoms in total. The number of fused-ring (bicyclic) bond motifs is 1. The zero-order valence-corrected chi connectivity index (χ0v) is 24.2. The first-order valence-electron chi connectivity index (χ1n) is 13.4. The van der Waals surface area contributed by atoms with Gasteiger partial charge in [0.2, 0.25) is 17.7 Å². The lowest BCUT2D eigenvalue weighted by Crippen LogP contribution is -2.57. The summed E-state index contributed by atoms with van der Waals surface area (Å²) in [5.41, 5.74) is 0.921. The fourth-order valence-corrected chi connectivity index (χ4v) is 7.76. The van der Waals surface area contributed by atoms with Crippen molar-refractivity contribution in [3.8, 4) is 0 Å². The maximum Gasteiger partial charge on any atom is 0.250 e. The number of aliphatic hydroxyl groups excluding tert-OH is 1. The van der Waals surface area contributed by atoms with Crippen molar-refractivity contribution >= 4 is 50.9 Å². The van der Waals surface area contributed by atoms with Gasteiger partial charge < -0.3 is 25.4 Å². The van der Waals surface area contributed by atoms with Crippen LogP contribution in [-0.4, -0.2) is 69.5 Å². The lowest BCUT2D eigenvalue weighted by molar-refractivity contribution is -0.144. The van der Waals surface area contributed by atoms with Crippen LogP contribution in [0, 0.1) is 18.8 Å². The number of nitrogens with zero attached hydrogens (tertiary/aromatic N) is 1. The van der Waals surface area contributed by atoms with E-state index in [1.807, 2.05) is 50.2 Å². The number of aryl methyl sites for hydroxylation is 1. The molecule has 2 aromatic carbocycles. The van der Waals surface area contributed by atoms with Gasteiger partial charge in [0, 0.05) is 11.4 Å². The summed E-state index contributed by atoms with van der Waals surface area (Å²) in [6.07, 6.45) is 0.931. The lowest BCUT2D eigenvalue weighted by Gasteiger charge is -2.37. The normalized spacial score (nSPS) is 29.8. The Hall–Kier alpha value is -2.46. The van der Waals surface area contributed by atoms with Crippen molar-refractivity contribution in [2.75, 3.05) is 18.5 Å². The molecule has 1 spiro atoms. The molecule has 3 amide bonds. The van der Waals surface area contributed by atoms with Gasteiger partial charge in [-0.2, -0.15) is 0 Å². The zero-order chi connectivity index (χ0) is 27.9. The summed E-state index contributed by atoms with van der Waals surface area (Å²) < 4.78 is 6.54. The van der Waals surface area contributed by atoms with Crippen molar-refractivity contribution in [1.29, 1.82) is 0 Å². The predicted molar refractivity (Wildman–Crippen MR) is 152 cm³/mol. The molecule has 0 saturated carbocycles. The van der Waals surface area contributed by atoms with Crippen LogP contribution in [0.15, 0.2) is 48.5 Å². The monoisotopic (exact) mass is 617 g/mol. The Bertz CT molecular complexity index is 1240. The van der Waals surface area contributed by atoms with E-state index in [1.165, 1.54) is 4.90 Å². The number of hydrogen-bond donors (Lipinski definition) is 3. The molecule has 5 rings (SSSR count). The first-order chi connectivity index (χ1) is 18.7. The SMILES string of the molecule is CCCNC(=O)[C@H]1[C@H]2C(=O)N([C@@H](CO)Cc3ccccc3)C(C(=O)Nc3c(C)cccc3Cl)C23CC(Br)[C@@H]1O3. The number of rotatable bonds is 9. The molecule has 39 heavy (non-hydrogen) atoms. The molecule has 3 heterocycles. The van der Waals surface area contributed by atoms with Gasteiger partial charge in [-0.15, -0.1) is 0 Å². The smallest absolute Gasteiger partial charge is 0.250 e. The van der Waals surface area contributed by atoms with Gasteiger partial charge in [-0.25, -0.2) is 0 Å². The number of para-hydroxylation sites is 1. The summed E-state index contributed by atoms with van der Waals surface area (Å²) in [5, 5.41) is 16.8. The summed E-state index contributed by atoms with van der Waals surface area (Å²) >= 11 is 10.1. The largest absolute Gasteiger partial charge is 0.394 e. The van der Waals surface area contributed by atoms with Crippen LogP contribution < -0.4 is 10.6 Å². The number of carbonyl (C=O) groups excluding carboxylic acids is 3. The number of nitrogens with one attached hydrogen (secondary N) is 2. The van der Waals surface area contributed by atoms with Gasteiger partial charge >= 0.3 is 0 Å². The van der Waals surface area contributed by atoms with Crippen LogP contribution in [0.5, 0.6) is 0 Å². The number of benzene rings is 2. The fourth-order valence-electron chi connectivity index (χ4n) is 6.54. The Balaban J connectivity index is 1.57. The molecule has 3 saturated heterocycles. The second-order valence-corrected chi connectivity index (χ2v) is 12.2. The van der Waals surface area contributed by atoms with Gasteiger partial charge in [0.25, 0.3) is 0 Å². The van der Waals surface area contributed by atoms with Crippen molar-refractivity contribution in [2.45, 2.75) is 61.7 Å². The number of ether oxygens (including phenoxy) is 1. The first kappa shape index (κ1) is 28.1. The molecule has 2 aromatic rings. The zero-order valence-electron chi connectivity index (χ0n) is 21.9. The summed E-state index contributed by atoms with van der Waals surface area (Å²) in [6, 6.07) is 13.1. The van der Waals surface area contributed by atoms with E-state index < -0.39 is 41.5 Å². The van der Waals surface area contributed by atoms with Crippen molar-refractivity contribution in [3.63, 3.8) is 0 Å². The average Bonchev–Trinajstić information content (AvgIpc) is 3.52. The third kappa shape index (κ3) is 4.77.